The summed E-state index contributed by atoms with van der Waals surface area (Å²) in [4.78, 5) is 0.136. The van der Waals surface area contributed by atoms with Gasteiger partial charge in [-0.15, -0.1) is 0 Å². The van der Waals surface area contributed by atoms with Crippen LogP contribution in [0.2, 0.25) is 0 Å². The van der Waals surface area contributed by atoms with Crippen LogP contribution in [0.15, 0.2) is 23.5 Å². The number of aryl methyl sites for hydroxylation is 2. The molecule has 2 N–H and O–H groups in total. The first kappa shape index (κ1) is 10.7. The molecule has 0 aliphatic rings. The Bertz CT molecular complexity index is 597. The summed E-state index contributed by atoms with van der Waals surface area (Å²) in [5.41, 5.74) is 0.916. The Balaban J connectivity index is 2.31. The average Bonchev–Trinajstić information content (AvgIpc) is 2.74. The second-order valence-corrected chi connectivity index (χ2v) is 5.02. The Morgan fingerprint density at radius 3 is 2.69 bits per heavy atom. The smallest absolute Gasteiger partial charge is 0.265 e. The van der Waals surface area contributed by atoms with Gasteiger partial charge in [-0.05, 0) is 6.92 Å². The van der Waals surface area contributed by atoms with Crippen LogP contribution in [0.25, 0.3) is 0 Å². The van der Waals surface area contributed by atoms with Crippen LogP contribution in [0, 0.1) is 6.92 Å². The monoisotopic (exact) mass is 241 g/mol. The zero-order valence-corrected chi connectivity index (χ0v) is 9.61. The number of hydrogen-bond donors (Lipinski definition) is 2. The molecule has 0 aliphatic carbocycles. The minimum atomic E-state index is -3.58. The van der Waals surface area contributed by atoms with Crippen LogP contribution in [0.3, 0.4) is 0 Å². The first-order chi connectivity index (χ1) is 7.49. The number of rotatable bonds is 3. The zero-order valence-electron chi connectivity index (χ0n) is 8.80. The van der Waals surface area contributed by atoms with Crippen molar-refractivity contribution >= 4 is 15.7 Å². The molecule has 2 aromatic heterocycles. The predicted molar refractivity (Wildman–Crippen MR) is 57.3 cm³/mol. The number of H-pyrrole nitrogens is 1. The highest BCUT2D eigenvalue weighted by molar-refractivity contribution is 7.92. The molecule has 2 rings (SSSR count). The lowest BCUT2D eigenvalue weighted by molar-refractivity contribution is 0.600. The minimum Gasteiger partial charge on any atom is -0.281 e. The number of nitrogens with zero attached hydrogens (tertiary/aromatic N) is 3. The molecular weight excluding hydrogens is 230 g/mol. The number of anilines is 1. The highest BCUT2D eigenvalue weighted by Crippen LogP contribution is 2.16. The zero-order chi connectivity index (χ0) is 11.8. The van der Waals surface area contributed by atoms with E-state index in [1.54, 1.807) is 20.2 Å². The van der Waals surface area contributed by atoms with Crippen LogP contribution in [0.5, 0.6) is 0 Å². The summed E-state index contributed by atoms with van der Waals surface area (Å²) in [6.07, 6.45) is 4.29. The Morgan fingerprint density at radius 1 is 1.44 bits per heavy atom. The molecule has 2 heterocycles. The topological polar surface area (TPSA) is 92.7 Å². The highest BCUT2D eigenvalue weighted by Gasteiger charge is 2.18. The molecule has 0 atom stereocenters. The first-order valence-corrected chi connectivity index (χ1v) is 5.99. The van der Waals surface area contributed by atoms with E-state index in [0.29, 0.717) is 11.4 Å². The normalized spacial score (nSPS) is 11.6. The van der Waals surface area contributed by atoms with Crippen LogP contribution in [-0.2, 0) is 17.1 Å². The minimum absolute atomic E-state index is 0.136. The van der Waals surface area contributed by atoms with Crippen molar-refractivity contribution in [2.45, 2.75) is 11.8 Å². The third-order valence-corrected chi connectivity index (χ3v) is 3.53. The number of sulfonamides is 1. The fourth-order valence-corrected chi connectivity index (χ4v) is 2.46. The molecule has 0 fully saturated rings. The van der Waals surface area contributed by atoms with Gasteiger partial charge < -0.3 is 0 Å². The van der Waals surface area contributed by atoms with Gasteiger partial charge in [-0.3, -0.25) is 14.5 Å². The molecule has 0 aromatic carbocycles. The molecular formula is C8H11N5O2S. The van der Waals surface area contributed by atoms with Gasteiger partial charge in [0, 0.05) is 13.2 Å². The van der Waals surface area contributed by atoms with Gasteiger partial charge in [0.25, 0.3) is 10.0 Å². The molecule has 2 aromatic rings. The Kier molecular flexibility index (Phi) is 2.43. The molecule has 0 saturated carbocycles. The van der Waals surface area contributed by atoms with Gasteiger partial charge in [0.05, 0.1) is 23.8 Å². The summed E-state index contributed by atoms with van der Waals surface area (Å²) < 4.78 is 27.7. The van der Waals surface area contributed by atoms with E-state index in [-0.39, 0.29) is 4.90 Å². The van der Waals surface area contributed by atoms with Gasteiger partial charge >= 0.3 is 0 Å². The lowest BCUT2D eigenvalue weighted by Crippen LogP contribution is -2.12. The van der Waals surface area contributed by atoms with Gasteiger partial charge in [-0.2, -0.15) is 10.2 Å². The van der Waals surface area contributed by atoms with Crippen molar-refractivity contribution in [1.82, 2.24) is 20.0 Å². The van der Waals surface area contributed by atoms with E-state index in [0.717, 1.165) is 0 Å². The summed E-state index contributed by atoms with van der Waals surface area (Å²) in [7, 11) is -1.88. The van der Waals surface area contributed by atoms with E-state index in [1.165, 1.54) is 17.1 Å². The van der Waals surface area contributed by atoms with Crippen molar-refractivity contribution in [1.29, 1.82) is 0 Å². The van der Waals surface area contributed by atoms with E-state index < -0.39 is 10.0 Å². The molecule has 8 heteroatoms. The van der Waals surface area contributed by atoms with Gasteiger partial charge in [0.2, 0.25) is 0 Å². The Labute approximate surface area is 92.5 Å². The van der Waals surface area contributed by atoms with E-state index in [1.807, 2.05) is 0 Å². The fraction of sp³-hybridized carbons (Fsp3) is 0.250. The van der Waals surface area contributed by atoms with Crippen molar-refractivity contribution in [2.75, 3.05) is 4.72 Å². The molecule has 0 aliphatic heterocycles. The second kappa shape index (κ2) is 3.63. The lowest BCUT2D eigenvalue weighted by atomic mass is 10.5. The summed E-state index contributed by atoms with van der Waals surface area (Å²) in [5.74, 6) is 0. The molecule has 0 amide bonds. The Hall–Kier alpha value is -1.83. The summed E-state index contributed by atoms with van der Waals surface area (Å²) in [6.45, 7) is 1.64. The standard InChI is InChI=1S/C8H11N5O2S/c1-6-8(4-9-11-6)16(14,15)12-7-3-10-13(2)5-7/h3-5,12H,1-2H3,(H,9,11). The van der Waals surface area contributed by atoms with Crippen molar-refractivity contribution in [3.05, 3.63) is 24.3 Å². The molecule has 0 bridgehead atoms. The van der Waals surface area contributed by atoms with E-state index >= 15 is 0 Å². The molecule has 7 nitrogen and oxygen atoms in total. The van der Waals surface area contributed by atoms with Crippen LogP contribution >= 0.6 is 0 Å². The van der Waals surface area contributed by atoms with Crippen molar-refractivity contribution in [3.63, 3.8) is 0 Å². The van der Waals surface area contributed by atoms with Gasteiger partial charge in [-0.25, -0.2) is 8.42 Å². The van der Waals surface area contributed by atoms with E-state index in [9.17, 15) is 8.42 Å². The maximum atomic E-state index is 11.9. The van der Waals surface area contributed by atoms with Crippen LogP contribution in [-0.4, -0.2) is 28.4 Å². The maximum absolute atomic E-state index is 11.9. The number of aromatic nitrogens is 4. The Morgan fingerprint density at radius 2 is 2.19 bits per heavy atom. The van der Waals surface area contributed by atoms with Crippen LogP contribution in [0.4, 0.5) is 5.69 Å². The van der Waals surface area contributed by atoms with Gasteiger partial charge in [0.1, 0.15) is 4.90 Å². The summed E-state index contributed by atoms with van der Waals surface area (Å²) in [5, 5.41) is 10.1. The second-order valence-electron chi connectivity index (χ2n) is 3.37. The quantitative estimate of drug-likeness (QED) is 0.805. The molecule has 0 saturated heterocycles. The average molecular weight is 241 g/mol. The molecule has 0 radical (unpaired) electrons. The highest BCUT2D eigenvalue weighted by atomic mass is 32.2. The number of aromatic amines is 1. The van der Waals surface area contributed by atoms with Crippen molar-refractivity contribution in [3.8, 4) is 0 Å². The van der Waals surface area contributed by atoms with Gasteiger partial charge in [-0.1, -0.05) is 0 Å². The third-order valence-electron chi connectivity index (χ3n) is 2.03. The van der Waals surface area contributed by atoms with E-state index in [4.69, 9.17) is 0 Å². The predicted octanol–water partition coefficient (Wildman–Crippen LogP) is 0.252. The van der Waals surface area contributed by atoms with E-state index in [2.05, 4.69) is 20.0 Å². The number of hydrogen-bond acceptors (Lipinski definition) is 4. The van der Waals surface area contributed by atoms with Crippen molar-refractivity contribution in [2.24, 2.45) is 7.05 Å². The lowest BCUT2D eigenvalue weighted by Gasteiger charge is -2.03. The largest absolute Gasteiger partial charge is 0.281 e. The third kappa shape index (κ3) is 1.91. The fourth-order valence-electron chi connectivity index (χ4n) is 1.29. The molecule has 0 spiro atoms. The van der Waals surface area contributed by atoms with Crippen LogP contribution in [0.1, 0.15) is 5.69 Å². The van der Waals surface area contributed by atoms with Gasteiger partial charge in [0.15, 0.2) is 0 Å². The number of nitrogens with one attached hydrogen (secondary N) is 2. The van der Waals surface area contributed by atoms with Crippen molar-refractivity contribution < 1.29 is 8.42 Å². The SMILES string of the molecule is Cc1[nH]ncc1S(=O)(=O)Nc1cnn(C)c1. The molecule has 16 heavy (non-hydrogen) atoms. The summed E-state index contributed by atoms with van der Waals surface area (Å²) in [6, 6.07) is 0. The van der Waals surface area contributed by atoms with Crippen LogP contribution < -0.4 is 4.72 Å². The first-order valence-electron chi connectivity index (χ1n) is 4.50. The molecule has 86 valence electrons. The summed E-state index contributed by atoms with van der Waals surface area (Å²) >= 11 is 0. The maximum Gasteiger partial charge on any atom is 0.265 e. The molecule has 0 unspecified atom stereocenters.